The maximum absolute atomic E-state index is 11.4. The molecule has 1 atom stereocenters. The number of primary amides is 1. The average molecular weight is 244 g/mol. The van der Waals surface area contributed by atoms with Crippen LogP contribution in [0.2, 0.25) is 0 Å². The van der Waals surface area contributed by atoms with Crippen LogP contribution in [0.3, 0.4) is 0 Å². The van der Waals surface area contributed by atoms with Crippen molar-refractivity contribution in [3.8, 4) is 0 Å². The molecule has 0 bridgehead atoms. The van der Waals surface area contributed by atoms with Gasteiger partial charge in [-0.25, -0.2) is 4.79 Å². The van der Waals surface area contributed by atoms with Gasteiger partial charge in [0.05, 0.1) is 6.10 Å². The first-order valence-electron chi connectivity index (χ1n) is 5.89. The highest BCUT2D eigenvalue weighted by Crippen LogP contribution is 2.26. The van der Waals surface area contributed by atoms with Gasteiger partial charge in [0.15, 0.2) is 0 Å². The molecule has 98 valence electrons. The van der Waals surface area contributed by atoms with Crippen molar-refractivity contribution in [3.05, 3.63) is 0 Å². The Morgan fingerprint density at radius 1 is 1.41 bits per heavy atom. The molecule has 0 aliphatic heterocycles. The van der Waals surface area contributed by atoms with Gasteiger partial charge in [0.25, 0.3) is 5.91 Å². The molecule has 6 nitrogen and oxygen atoms in total. The Bertz CT molecular complexity index is 275. The Labute approximate surface area is 101 Å². The molecule has 0 aromatic heterocycles. The average Bonchev–Trinajstić information content (AvgIpc) is 2.29. The van der Waals surface area contributed by atoms with E-state index in [9.17, 15) is 9.59 Å². The van der Waals surface area contributed by atoms with Gasteiger partial charge < -0.3 is 15.6 Å². The number of aliphatic hydroxyl groups is 1. The molecule has 1 unspecified atom stereocenters. The van der Waals surface area contributed by atoms with Gasteiger partial charge in [-0.2, -0.15) is 0 Å². The minimum Gasteiger partial charge on any atom is -0.396 e. The SMILES string of the molecule is CC(OC1CCC(CO)CC1)C(=O)NC(N)=O. The molecule has 1 rings (SSSR count). The van der Waals surface area contributed by atoms with Crippen LogP contribution in [0.15, 0.2) is 0 Å². The lowest BCUT2D eigenvalue weighted by Crippen LogP contribution is -2.43. The molecule has 3 amide bonds. The number of carbonyl (C=O) groups excluding carboxylic acids is 2. The summed E-state index contributed by atoms with van der Waals surface area (Å²) in [6.45, 7) is 1.81. The molecule has 0 spiro atoms. The van der Waals surface area contributed by atoms with Gasteiger partial charge in [0, 0.05) is 6.61 Å². The molecule has 0 radical (unpaired) electrons. The molecule has 1 saturated carbocycles. The first-order valence-corrected chi connectivity index (χ1v) is 5.89. The first kappa shape index (κ1) is 13.9. The van der Waals surface area contributed by atoms with Gasteiger partial charge in [-0.15, -0.1) is 0 Å². The van der Waals surface area contributed by atoms with Gasteiger partial charge >= 0.3 is 6.03 Å². The van der Waals surface area contributed by atoms with E-state index in [2.05, 4.69) is 0 Å². The number of nitrogens with two attached hydrogens (primary N) is 1. The number of rotatable bonds is 4. The Balaban J connectivity index is 2.29. The second-order valence-electron chi connectivity index (χ2n) is 4.46. The first-order chi connectivity index (χ1) is 8.02. The van der Waals surface area contributed by atoms with Gasteiger partial charge in [-0.1, -0.05) is 0 Å². The summed E-state index contributed by atoms with van der Waals surface area (Å²) in [6, 6.07) is -0.866. The van der Waals surface area contributed by atoms with Crippen molar-refractivity contribution >= 4 is 11.9 Å². The van der Waals surface area contributed by atoms with Crippen LogP contribution in [0.5, 0.6) is 0 Å². The minimum absolute atomic E-state index is 0.0198. The summed E-state index contributed by atoms with van der Waals surface area (Å²) in [5.41, 5.74) is 4.85. The van der Waals surface area contributed by atoms with Crippen LogP contribution in [-0.2, 0) is 9.53 Å². The molecule has 0 saturated heterocycles. The van der Waals surface area contributed by atoms with Crippen LogP contribution in [0.25, 0.3) is 0 Å². The zero-order valence-electron chi connectivity index (χ0n) is 10.0. The zero-order valence-corrected chi connectivity index (χ0v) is 10.0. The van der Waals surface area contributed by atoms with Gasteiger partial charge in [0.1, 0.15) is 6.10 Å². The largest absolute Gasteiger partial charge is 0.396 e. The van der Waals surface area contributed by atoms with E-state index in [1.807, 2.05) is 5.32 Å². The lowest BCUT2D eigenvalue weighted by molar-refractivity contribution is -0.135. The van der Waals surface area contributed by atoms with Crippen molar-refractivity contribution < 1.29 is 19.4 Å². The zero-order chi connectivity index (χ0) is 12.8. The fourth-order valence-electron chi connectivity index (χ4n) is 2.02. The number of amides is 3. The second-order valence-corrected chi connectivity index (χ2v) is 4.46. The number of carbonyl (C=O) groups is 2. The van der Waals surface area contributed by atoms with Crippen LogP contribution >= 0.6 is 0 Å². The lowest BCUT2D eigenvalue weighted by Gasteiger charge is -2.29. The quantitative estimate of drug-likeness (QED) is 0.654. The highest BCUT2D eigenvalue weighted by molar-refractivity contribution is 5.95. The molecule has 0 aromatic rings. The Hall–Kier alpha value is -1.14. The van der Waals surface area contributed by atoms with Gasteiger partial charge in [-0.05, 0) is 38.5 Å². The number of urea groups is 1. The van der Waals surface area contributed by atoms with Crippen LogP contribution in [0, 0.1) is 5.92 Å². The van der Waals surface area contributed by atoms with Gasteiger partial charge in [-0.3, -0.25) is 10.1 Å². The third-order valence-electron chi connectivity index (χ3n) is 3.06. The second kappa shape index (κ2) is 6.56. The number of aliphatic hydroxyl groups excluding tert-OH is 1. The number of ether oxygens (including phenoxy) is 1. The van der Waals surface area contributed by atoms with Crippen molar-refractivity contribution in [2.75, 3.05) is 6.61 Å². The summed E-state index contributed by atoms with van der Waals surface area (Å²) >= 11 is 0. The number of nitrogens with one attached hydrogen (secondary N) is 1. The number of hydrogen-bond donors (Lipinski definition) is 3. The van der Waals surface area contributed by atoms with Crippen molar-refractivity contribution in [2.45, 2.75) is 44.8 Å². The molecule has 0 heterocycles. The fraction of sp³-hybridized carbons (Fsp3) is 0.818. The van der Waals surface area contributed by atoms with E-state index in [0.717, 1.165) is 25.7 Å². The molecule has 4 N–H and O–H groups in total. The molecular weight excluding hydrogens is 224 g/mol. The molecule has 1 aliphatic carbocycles. The highest BCUT2D eigenvalue weighted by Gasteiger charge is 2.25. The van der Waals surface area contributed by atoms with Gasteiger partial charge in [0.2, 0.25) is 0 Å². The maximum atomic E-state index is 11.4. The molecule has 1 aliphatic rings. The van der Waals surface area contributed by atoms with E-state index in [1.165, 1.54) is 0 Å². The van der Waals surface area contributed by atoms with E-state index in [1.54, 1.807) is 6.92 Å². The summed E-state index contributed by atoms with van der Waals surface area (Å²) in [5, 5.41) is 11.0. The number of imide groups is 1. The topological polar surface area (TPSA) is 102 Å². The predicted octanol–water partition coefficient (Wildman–Crippen LogP) is 0.138. The Kier molecular flexibility index (Phi) is 5.37. The standard InChI is InChI=1S/C11H20N2O4/c1-7(10(15)13-11(12)16)17-9-4-2-8(6-14)3-5-9/h7-9,14H,2-6H2,1H3,(H3,12,13,15,16). The van der Waals surface area contributed by atoms with E-state index >= 15 is 0 Å². The Morgan fingerprint density at radius 2 is 2.00 bits per heavy atom. The summed E-state index contributed by atoms with van der Waals surface area (Å²) in [5.74, 6) is -0.161. The normalized spacial score (nSPS) is 26.2. The number of hydrogen-bond acceptors (Lipinski definition) is 4. The van der Waals surface area contributed by atoms with E-state index < -0.39 is 18.0 Å². The smallest absolute Gasteiger partial charge is 0.318 e. The molecule has 6 heteroatoms. The third kappa shape index (κ3) is 4.70. The summed E-state index contributed by atoms with van der Waals surface area (Å²) in [4.78, 5) is 21.9. The fourth-order valence-corrected chi connectivity index (χ4v) is 2.02. The van der Waals surface area contributed by atoms with Crippen LogP contribution in [0.1, 0.15) is 32.6 Å². The summed E-state index contributed by atoms with van der Waals surface area (Å²) in [7, 11) is 0. The molecule has 17 heavy (non-hydrogen) atoms. The Morgan fingerprint density at radius 3 is 2.47 bits per heavy atom. The molecular formula is C11H20N2O4. The van der Waals surface area contributed by atoms with Crippen LogP contribution in [-0.4, -0.2) is 35.9 Å². The van der Waals surface area contributed by atoms with Crippen LogP contribution in [0.4, 0.5) is 4.79 Å². The van der Waals surface area contributed by atoms with E-state index in [4.69, 9.17) is 15.6 Å². The van der Waals surface area contributed by atoms with E-state index in [0.29, 0.717) is 5.92 Å². The maximum Gasteiger partial charge on any atom is 0.318 e. The molecule has 0 aromatic carbocycles. The van der Waals surface area contributed by atoms with Crippen LogP contribution < -0.4 is 11.1 Å². The third-order valence-corrected chi connectivity index (χ3v) is 3.06. The van der Waals surface area contributed by atoms with Crippen molar-refractivity contribution in [3.63, 3.8) is 0 Å². The van der Waals surface area contributed by atoms with Crippen molar-refractivity contribution in [1.82, 2.24) is 5.32 Å². The van der Waals surface area contributed by atoms with Crippen molar-refractivity contribution in [2.24, 2.45) is 11.7 Å². The van der Waals surface area contributed by atoms with Crippen molar-refractivity contribution in [1.29, 1.82) is 0 Å². The predicted molar refractivity (Wildman–Crippen MR) is 61.1 cm³/mol. The highest BCUT2D eigenvalue weighted by atomic mass is 16.5. The minimum atomic E-state index is -0.866. The lowest BCUT2D eigenvalue weighted by atomic mass is 9.88. The monoisotopic (exact) mass is 244 g/mol. The summed E-state index contributed by atoms with van der Waals surface area (Å²) < 4.78 is 5.55. The molecule has 1 fully saturated rings. The summed E-state index contributed by atoms with van der Waals surface area (Å²) in [6.07, 6.45) is 2.82. The van der Waals surface area contributed by atoms with E-state index in [-0.39, 0.29) is 12.7 Å².